The van der Waals surface area contributed by atoms with Crippen LogP contribution in [0.5, 0.6) is 0 Å². The molecule has 0 amide bonds. The first-order valence-corrected chi connectivity index (χ1v) is 4.24. The lowest BCUT2D eigenvalue weighted by Gasteiger charge is -2.08. The summed E-state index contributed by atoms with van der Waals surface area (Å²) in [6.45, 7) is 1.98. The van der Waals surface area contributed by atoms with E-state index in [0.717, 1.165) is 12.8 Å². The number of carbonyl (C=O) groups is 1. The Morgan fingerprint density at radius 1 is 1.58 bits per heavy atom. The summed E-state index contributed by atoms with van der Waals surface area (Å²) in [6, 6.07) is 0.246. The van der Waals surface area contributed by atoms with Crippen molar-refractivity contribution >= 4 is 5.97 Å². The maximum Gasteiger partial charge on any atom is 0.322 e. The van der Waals surface area contributed by atoms with Crippen LogP contribution in [0, 0.1) is 0 Å². The minimum absolute atomic E-state index is 0.101. The van der Waals surface area contributed by atoms with Gasteiger partial charge in [0.25, 0.3) is 0 Å². The minimum atomic E-state index is -0.151. The second kappa shape index (κ2) is 4.26. The van der Waals surface area contributed by atoms with Crippen LogP contribution in [0.3, 0.4) is 0 Å². The van der Waals surface area contributed by atoms with E-state index >= 15 is 0 Å². The zero-order chi connectivity index (χ0) is 8.97. The van der Waals surface area contributed by atoms with E-state index in [4.69, 9.17) is 0 Å². The van der Waals surface area contributed by atoms with Crippen LogP contribution in [-0.4, -0.2) is 25.2 Å². The van der Waals surface area contributed by atoms with Crippen LogP contribution in [-0.2, 0) is 9.53 Å². The highest BCUT2D eigenvalue weighted by Gasteiger charge is 2.27. The summed E-state index contributed by atoms with van der Waals surface area (Å²) < 4.78 is 4.64. The highest BCUT2D eigenvalue weighted by Crippen LogP contribution is 2.13. The summed E-state index contributed by atoms with van der Waals surface area (Å²) in [6.07, 6.45) is 5.96. The first kappa shape index (κ1) is 9.26. The van der Waals surface area contributed by atoms with Crippen molar-refractivity contribution in [3.05, 3.63) is 12.2 Å². The predicted molar refractivity (Wildman–Crippen MR) is 46.8 cm³/mol. The van der Waals surface area contributed by atoms with Crippen molar-refractivity contribution in [2.75, 3.05) is 7.11 Å². The number of esters is 1. The average Bonchev–Trinajstić information content (AvgIpc) is 2.52. The SMILES string of the molecule is CC=C[C@H]1CC[C@@H](C(=O)OC)N1. The van der Waals surface area contributed by atoms with Gasteiger partial charge in [0.05, 0.1) is 7.11 Å². The molecule has 2 atom stereocenters. The Balaban J connectivity index is 2.40. The summed E-state index contributed by atoms with van der Waals surface area (Å²) in [5.41, 5.74) is 0. The largest absolute Gasteiger partial charge is 0.468 e. The Hall–Kier alpha value is -0.830. The van der Waals surface area contributed by atoms with Gasteiger partial charge >= 0.3 is 5.97 Å². The molecule has 1 rings (SSSR count). The molecule has 0 spiro atoms. The summed E-state index contributed by atoms with van der Waals surface area (Å²) in [4.78, 5) is 11.1. The van der Waals surface area contributed by atoms with Gasteiger partial charge in [-0.3, -0.25) is 10.1 Å². The second-order valence-corrected chi connectivity index (χ2v) is 2.95. The molecule has 3 nitrogen and oxygen atoms in total. The molecule has 1 fully saturated rings. The number of hydrogen-bond acceptors (Lipinski definition) is 3. The monoisotopic (exact) mass is 169 g/mol. The third-order valence-electron chi connectivity index (χ3n) is 2.09. The molecule has 0 unspecified atom stereocenters. The van der Waals surface area contributed by atoms with Crippen molar-refractivity contribution < 1.29 is 9.53 Å². The van der Waals surface area contributed by atoms with E-state index in [1.807, 2.05) is 13.0 Å². The van der Waals surface area contributed by atoms with E-state index in [9.17, 15) is 4.79 Å². The van der Waals surface area contributed by atoms with Gasteiger partial charge in [0.2, 0.25) is 0 Å². The predicted octanol–water partition coefficient (Wildman–Crippen LogP) is 0.856. The Labute approximate surface area is 72.8 Å². The van der Waals surface area contributed by atoms with Crippen LogP contribution in [0.4, 0.5) is 0 Å². The van der Waals surface area contributed by atoms with Crippen molar-refractivity contribution in [1.29, 1.82) is 0 Å². The van der Waals surface area contributed by atoms with Crippen LogP contribution < -0.4 is 5.32 Å². The molecule has 1 heterocycles. The fraction of sp³-hybridized carbons (Fsp3) is 0.667. The van der Waals surface area contributed by atoms with Crippen LogP contribution in [0.15, 0.2) is 12.2 Å². The molecule has 3 heteroatoms. The lowest BCUT2D eigenvalue weighted by atomic mass is 10.2. The molecule has 0 aliphatic carbocycles. The maximum atomic E-state index is 11.1. The average molecular weight is 169 g/mol. The minimum Gasteiger partial charge on any atom is -0.468 e. The van der Waals surface area contributed by atoms with Gasteiger partial charge in [-0.05, 0) is 19.8 Å². The van der Waals surface area contributed by atoms with Crippen LogP contribution in [0.1, 0.15) is 19.8 Å². The van der Waals surface area contributed by atoms with E-state index in [1.165, 1.54) is 7.11 Å². The van der Waals surface area contributed by atoms with Gasteiger partial charge in [0.1, 0.15) is 6.04 Å². The highest BCUT2D eigenvalue weighted by atomic mass is 16.5. The first-order chi connectivity index (χ1) is 5.77. The third kappa shape index (κ3) is 2.08. The van der Waals surface area contributed by atoms with Crippen LogP contribution in [0.2, 0.25) is 0 Å². The number of allylic oxidation sites excluding steroid dienone is 1. The number of nitrogens with one attached hydrogen (secondary N) is 1. The Bertz CT molecular complexity index is 189. The van der Waals surface area contributed by atoms with Gasteiger partial charge in [-0.25, -0.2) is 0 Å². The van der Waals surface area contributed by atoms with Gasteiger partial charge in [0, 0.05) is 6.04 Å². The van der Waals surface area contributed by atoms with Crippen molar-refractivity contribution in [3.8, 4) is 0 Å². The fourth-order valence-corrected chi connectivity index (χ4v) is 1.48. The second-order valence-electron chi connectivity index (χ2n) is 2.95. The molecule has 68 valence electrons. The van der Waals surface area contributed by atoms with E-state index in [-0.39, 0.29) is 12.0 Å². The summed E-state index contributed by atoms with van der Waals surface area (Å²) in [7, 11) is 1.42. The molecule has 0 aromatic carbocycles. The molecule has 1 saturated heterocycles. The Morgan fingerprint density at radius 2 is 2.33 bits per heavy atom. The normalized spacial score (nSPS) is 29.5. The molecular weight excluding hydrogens is 154 g/mol. The summed E-state index contributed by atoms with van der Waals surface area (Å²) in [5, 5.41) is 3.18. The third-order valence-corrected chi connectivity index (χ3v) is 2.09. The lowest BCUT2D eigenvalue weighted by Crippen LogP contribution is -2.35. The molecular formula is C9H15NO2. The smallest absolute Gasteiger partial charge is 0.322 e. The molecule has 12 heavy (non-hydrogen) atoms. The molecule has 1 N–H and O–H groups in total. The van der Waals surface area contributed by atoms with Crippen LogP contribution in [0.25, 0.3) is 0 Å². The quantitative estimate of drug-likeness (QED) is 0.492. The zero-order valence-corrected chi connectivity index (χ0v) is 7.54. The molecule has 0 bridgehead atoms. The lowest BCUT2D eigenvalue weighted by molar-refractivity contribution is -0.142. The number of hydrogen-bond donors (Lipinski definition) is 1. The number of carbonyl (C=O) groups excluding carboxylic acids is 1. The molecule has 0 radical (unpaired) electrons. The van der Waals surface area contributed by atoms with Gasteiger partial charge in [-0.15, -0.1) is 0 Å². The summed E-state index contributed by atoms with van der Waals surface area (Å²) in [5.74, 6) is -0.151. The maximum absolute atomic E-state index is 11.1. The fourth-order valence-electron chi connectivity index (χ4n) is 1.48. The van der Waals surface area contributed by atoms with Gasteiger partial charge in [-0.2, -0.15) is 0 Å². The molecule has 0 saturated carbocycles. The molecule has 0 aromatic rings. The number of methoxy groups -OCH3 is 1. The van der Waals surface area contributed by atoms with Gasteiger partial charge in [-0.1, -0.05) is 12.2 Å². The Kier molecular flexibility index (Phi) is 3.29. The standard InChI is InChI=1S/C9H15NO2/c1-3-4-7-5-6-8(10-7)9(11)12-2/h3-4,7-8,10H,5-6H2,1-2H3/t7-,8-/m0/s1. The van der Waals surface area contributed by atoms with Crippen molar-refractivity contribution in [1.82, 2.24) is 5.32 Å². The molecule has 0 aromatic heterocycles. The Morgan fingerprint density at radius 3 is 2.92 bits per heavy atom. The van der Waals surface area contributed by atoms with E-state index in [1.54, 1.807) is 0 Å². The van der Waals surface area contributed by atoms with E-state index in [2.05, 4.69) is 16.1 Å². The van der Waals surface area contributed by atoms with E-state index in [0.29, 0.717) is 6.04 Å². The number of ether oxygens (including phenoxy) is 1. The summed E-state index contributed by atoms with van der Waals surface area (Å²) >= 11 is 0. The first-order valence-electron chi connectivity index (χ1n) is 4.24. The van der Waals surface area contributed by atoms with Crippen LogP contribution >= 0.6 is 0 Å². The zero-order valence-electron chi connectivity index (χ0n) is 7.54. The van der Waals surface area contributed by atoms with Crippen molar-refractivity contribution in [3.63, 3.8) is 0 Å². The van der Waals surface area contributed by atoms with Gasteiger partial charge in [0.15, 0.2) is 0 Å². The van der Waals surface area contributed by atoms with Crippen molar-refractivity contribution in [2.24, 2.45) is 0 Å². The van der Waals surface area contributed by atoms with Gasteiger partial charge < -0.3 is 4.74 Å². The van der Waals surface area contributed by atoms with Crippen molar-refractivity contribution in [2.45, 2.75) is 31.8 Å². The molecule has 1 aliphatic rings. The number of rotatable bonds is 2. The van der Waals surface area contributed by atoms with E-state index < -0.39 is 0 Å². The molecule has 1 aliphatic heterocycles. The highest BCUT2D eigenvalue weighted by molar-refractivity contribution is 5.76. The topological polar surface area (TPSA) is 38.3 Å².